The molecule has 0 radical (unpaired) electrons. The van der Waals surface area contributed by atoms with E-state index in [1.807, 2.05) is 12.1 Å². The molecular formula is C17H17N3. The molecule has 3 rings (SSSR count). The van der Waals surface area contributed by atoms with Gasteiger partial charge in [-0.25, -0.2) is 9.97 Å². The Balaban J connectivity index is 0.000000205. The summed E-state index contributed by atoms with van der Waals surface area (Å²) in [7, 11) is 2.07. The summed E-state index contributed by atoms with van der Waals surface area (Å²) in [4.78, 5) is 9.51. The summed E-state index contributed by atoms with van der Waals surface area (Å²) in [5.74, 6) is 0. The molecule has 1 heterocycles. The standard InChI is InChI=1S/C13H13N.C4H4N2/c1-14(12-8-4-2-5-9-12)13-10-6-3-7-11-13;1-2-5-4-6-3-1/h2-11H,1H3;1-4H. The van der Waals surface area contributed by atoms with Gasteiger partial charge in [0.05, 0.1) is 0 Å². The van der Waals surface area contributed by atoms with Gasteiger partial charge in [-0.3, -0.25) is 0 Å². The minimum absolute atomic E-state index is 1.21. The maximum Gasteiger partial charge on any atom is 0.115 e. The van der Waals surface area contributed by atoms with Crippen molar-refractivity contribution in [2.75, 3.05) is 11.9 Å². The second kappa shape index (κ2) is 7.69. The smallest absolute Gasteiger partial charge is 0.115 e. The van der Waals surface area contributed by atoms with Crippen LogP contribution < -0.4 is 4.90 Å². The van der Waals surface area contributed by atoms with Crippen molar-refractivity contribution in [3.8, 4) is 0 Å². The maximum atomic E-state index is 3.67. The van der Waals surface area contributed by atoms with Crippen molar-refractivity contribution in [1.82, 2.24) is 9.97 Å². The fourth-order valence-electron chi connectivity index (χ4n) is 1.71. The van der Waals surface area contributed by atoms with Crippen molar-refractivity contribution in [3.63, 3.8) is 0 Å². The lowest BCUT2D eigenvalue weighted by molar-refractivity contribution is 1.17. The van der Waals surface area contributed by atoms with Crippen LogP contribution in [0.2, 0.25) is 0 Å². The molecule has 0 saturated carbocycles. The molecule has 0 spiro atoms. The highest BCUT2D eigenvalue weighted by Crippen LogP contribution is 2.21. The second-order valence-corrected chi connectivity index (χ2v) is 4.13. The van der Waals surface area contributed by atoms with E-state index in [-0.39, 0.29) is 0 Å². The van der Waals surface area contributed by atoms with E-state index in [0.29, 0.717) is 0 Å². The molecule has 0 atom stereocenters. The molecule has 100 valence electrons. The number of anilines is 2. The van der Waals surface area contributed by atoms with E-state index >= 15 is 0 Å². The van der Waals surface area contributed by atoms with Crippen molar-refractivity contribution in [1.29, 1.82) is 0 Å². The number of rotatable bonds is 2. The average molecular weight is 263 g/mol. The van der Waals surface area contributed by atoms with Gasteiger partial charge in [0.1, 0.15) is 6.33 Å². The predicted molar refractivity (Wildman–Crippen MR) is 83.0 cm³/mol. The van der Waals surface area contributed by atoms with Crippen LogP contribution in [0, 0.1) is 0 Å². The normalized spacial score (nSPS) is 9.25. The maximum absolute atomic E-state index is 3.67. The summed E-state index contributed by atoms with van der Waals surface area (Å²) in [6.45, 7) is 0. The molecule has 0 unspecified atom stereocenters. The van der Waals surface area contributed by atoms with Gasteiger partial charge < -0.3 is 4.90 Å². The average Bonchev–Trinajstić information content (AvgIpc) is 2.58. The van der Waals surface area contributed by atoms with Crippen LogP contribution in [0.1, 0.15) is 0 Å². The molecule has 0 aliphatic carbocycles. The number of para-hydroxylation sites is 2. The summed E-state index contributed by atoms with van der Waals surface area (Å²) in [5.41, 5.74) is 2.41. The molecule has 2 aromatic carbocycles. The molecule has 0 saturated heterocycles. The van der Waals surface area contributed by atoms with E-state index in [1.54, 1.807) is 18.5 Å². The van der Waals surface area contributed by atoms with Crippen molar-refractivity contribution in [2.45, 2.75) is 0 Å². The first-order chi connectivity index (χ1) is 9.88. The van der Waals surface area contributed by atoms with E-state index in [4.69, 9.17) is 0 Å². The van der Waals surface area contributed by atoms with Crippen LogP contribution >= 0.6 is 0 Å². The molecule has 0 aliphatic rings. The van der Waals surface area contributed by atoms with Gasteiger partial charge in [-0.15, -0.1) is 0 Å². The van der Waals surface area contributed by atoms with Gasteiger partial charge in [0.25, 0.3) is 0 Å². The Morgan fingerprint density at radius 3 is 1.40 bits per heavy atom. The van der Waals surface area contributed by atoms with Gasteiger partial charge >= 0.3 is 0 Å². The van der Waals surface area contributed by atoms with Crippen LogP contribution in [0.15, 0.2) is 85.5 Å². The number of benzene rings is 2. The molecular weight excluding hydrogens is 246 g/mol. The Hall–Kier alpha value is -2.68. The molecule has 3 heteroatoms. The van der Waals surface area contributed by atoms with Crippen LogP contribution in [-0.2, 0) is 0 Å². The van der Waals surface area contributed by atoms with Crippen LogP contribution in [-0.4, -0.2) is 17.0 Å². The number of hydrogen-bond acceptors (Lipinski definition) is 3. The Morgan fingerprint density at radius 2 is 1.10 bits per heavy atom. The van der Waals surface area contributed by atoms with E-state index in [0.717, 1.165) is 0 Å². The van der Waals surface area contributed by atoms with E-state index in [2.05, 4.69) is 70.4 Å². The minimum Gasteiger partial charge on any atom is -0.345 e. The highest BCUT2D eigenvalue weighted by Gasteiger charge is 2.00. The Labute approximate surface area is 119 Å². The molecule has 0 amide bonds. The highest BCUT2D eigenvalue weighted by molar-refractivity contribution is 5.61. The largest absolute Gasteiger partial charge is 0.345 e. The fraction of sp³-hybridized carbons (Fsp3) is 0.0588. The SMILES string of the molecule is CN(c1ccccc1)c1ccccc1.c1cncnc1. The quantitative estimate of drug-likeness (QED) is 0.701. The third-order valence-corrected chi connectivity index (χ3v) is 2.76. The van der Waals surface area contributed by atoms with Crippen molar-refractivity contribution in [3.05, 3.63) is 85.5 Å². The molecule has 0 fully saturated rings. The molecule has 1 aromatic heterocycles. The zero-order chi connectivity index (χ0) is 14.0. The van der Waals surface area contributed by atoms with Crippen LogP contribution in [0.4, 0.5) is 11.4 Å². The third-order valence-electron chi connectivity index (χ3n) is 2.76. The lowest BCUT2D eigenvalue weighted by atomic mass is 10.2. The van der Waals surface area contributed by atoms with E-state index in [1.165, 1.54) is 17.7 Å². The molecule has 0 aliphatic heterocycles. The number of aromatic nitrogens is 2. The molecule has 3 nitrogen and oxygen atoms in total. The Kier molecular flexibility index (Phi) is 5.28. The van der Waals surface area contributed by atoms with Gasteiger partial charge in [0.15, 0.2) is 0 Å². The third kappa shape index (κ3) is 4.21. The zero-order valence-electron chi connectivity index (χ0n) is 11.4. The summed E-state index contributed by atoms with van der Waals surface area (Å²) >= 11 is 0. The Bertz CT molecular complexity index is 516. The second-order valence-electron chi connectivity index (χ2n) is 4.13. The van der Waals surface area contributed by atoms with Crippen LogP contribution in [0.5, 0.6) is 0 Å². The van der Waals surface area contributed by atoms with Gasteiger partial charge in [-0.1, -0.05) is 36.4 Å². The van der Waals surface area contributed by atoms with Crippen molar-refractivity contribution >= 4 is 11.4 Å². The molecule has 0 bridgehead atoms. The summed E-state index contributed by atoms with van der Waals surface area (Å²) in [5, 5.41) is 0. The van der Waals surface area contributed by atoms with Gasteiger partial charge in [-0.2, -0.15) is 0 Å². The van der Waals surface area contributed by atoms with Crippen molar-refractivity contribution in [2.24, 2.45) is 0 Å². The van der Waals surface area contributed by atoms with Crippen molar-refractivity contribution < 1.29 is 0 Å². The summed E-state index contributed by atoms with van der Waals surface area (Å²) in [6, 6.07) is 22.5. The molecule has 0 N–H and O–H groups in total. The first-order valence-corrected chi connectivity index (χ1v) is 6.42. The van der Waals surface area contributed by atoms with Gasteiger partial charge in [0.2, 0.25) is 0 Å². The summed E-state index contributed by atoms with van der Waals surface area (Å²) in [6.07, 6.45) is 4.88. The van der Waals surface area contributed by atoms with Crippen LogP contribution in [0.25, 0.3) is 0 Å². The Morgan fingerprint density at radius 1 is 0.650 bits per heavy atom. The first-order valence-electron chi connectivity index (χ1n) is 6.42. The lowest BCUT2D eigenvalue weighted by Crippen LogP contribution is -2.08. The van der Waals surface area contributed by atoms with E-state index in [9.17, 15) is 0 Å². The molecule has 3 aromatic rings. The minimum atomic E-state index is 1.21. The summed E-state index contributed by atoms with van der Waals surface area (Å²) < 4.78 is 0. The highest BCUT2D eigenvalue weighted by atomic mass is 15.1. The number of nitrogens with zero attached hydrogens (tertiary/aromatic N) is 3. The topological polar surface area (TPSA) is 29.0 Å². The van der Waals surface area contributed by atoms with Gasteiger partial charge in [-0.05, 0) is 30.3 Å². The molecule has 20 heavy (non-hydrogen) atoms. The zero-order valence-corrected chi connectivity index (χ0v) is 11.4. The van der Waals surface area contributed by atoms with E-state index < -0.39 is 0 Å². The predicted octanol–water partition coefficient (Wildman–Crippen LogP) is 3.93. The first kappa shape index (κ1) is 13.7. The fourth-order valence-corrected chi connectivity index (χ4v) is 1.71. The lowest BCUT2D eigenvalue weighted by Gasteiger charge is -2.18. The monoisotopic (exact) mass is 263 g/mol. The van der Waals surface area contributed by atoms with Crippen LogP contribution in [0.3, 0.4) is 0 Å². The number of hydrogen-bond donors (Lipinski definition) is 0. The van der Waals surface area contributed by atoms with Gasteiger partial charge in [0, 0.05) is 30.8 Å².